The van der Waals surface area contributed by atoms with E-state index in [0.29, 0.717) is 18.7 Å². The van der Waals surface area contributed by atoms with Gasteiger partial charge in [-0.25, -0.2) is 0 Å². The molecule has 2 amide bonds. The van der Waals surface area contributed by atoms with Crippen LogP contribution in [-0.2, 0) is 4.79 Å². The van der Waals surface area contributed by atoms with E-state index in [1.807, 2.05) is 62.4 Å². The Labute approximate surface area is 182 Å². The number of benzene rings is 2. The monoisotopic (exact) mass is 420 g/mol. The summed E-state index contributed by atoms with van der Waals surface area (Å²) in [7, 11) is 1.63. The average molecular weight is 421 g/mol. The van der Waals surface area contributed by atoms with Crippen molar-refractivity contribution in [3.05, 3.63) is 65.6 Å². The number of likely N-dealkylation sites (tertiary alicyclic amines) is 1. The number of amides is 2. The summed E-state index contributed by atoms with van der Waals surface area (Å²) >= 11 is 0. The quantitative estimate of drug-likeness (QED) is 0.661. The highest BCUT2D eigenvalue weighted by molar-refractivity contribution is 6.08. The SMILES string of the molecule is COc1ccc(C(=O)N2CCCC(C(=O)NC(C)c3ccc(C)o3)C2)c2ccccc12. The fourth-order valence-electron chi connectivity index (χ4n) is 4.27. The zero-order valence-electron chi connectivity index (χ0n) is 18.2. The van der Waals surface area contributed by atoms with Crippen LogP contribution in [0.2, 0.25) is 0 Å². The number of nitrogens with one attached hydrogen (secondary N) is 1. The van der Waals surface area contributed by atoms with Gasteiger partial charge in [-0.1, -0.05) is 24.3 Å². The highest BCUT2D eigenvalue weighted by Gasteiger charge is 2.30. The van der Waals surface area contributed by atoms with Crippen LogP contribution in [-0.4, -0.2) is 36.9 Å². The number of nitrogens with zero attached hydrogens (tertiary/aromatic N) is 1. The van der Waals surface area contributed by atoms with E-state index in [9.17, 15) is 9.59 Å². The fraction of sp³-hybridized carbons (Fsp3) is 0.360. The first-order valence-corrected chi connectivity index (χ1v) is 10.7. The Kier molecular flexibility index (Phi) is 5.98. The molecule has 0 bridgehead atoms. The maximum atomic E-state index is 13.4. The Morgan fingerprint density at radius 1 is 1.13 bits per heavy atom. The summed E-state index contributed by atoms with van der Waals surface area (Å²) in [6.07, 6.45) is 1.56. The number of furan rings is 1. The Morgan fingerprint density at radius 2 is 1.90 bits per heavy atom. The first-order chi connectivity index (χ1) is 15.0. The Bertz CT molecular complexity index is 1100. The second-order valence-electron chi connectivity index (χ2n) is 8.13. The molecule has 0 aliphatic carbocycles. The summed E-state index contributed by atoms with van der Waals surface area (Å²) in [6.45, 7) is 4.85. The highest BCUT2D eigenvalue weighted by atomic mass is 16.5. The van der Waals surface area contributed by atoms with E-state index in [1.165, 1.54) is 0 Å². The van der Waals surface area contributed by atoms with E-state index >= 15 is 0 Å². The van der Waals surface area contributed by atoms with E-state index < -0.39 is 0 Å². The molecule has 162 valence electrons. The van der Waals surface area contributed by atoms with Crippen molar-refractivity contribution in [2.24, 2.45) is 5.92 Å². The van der Waals surface area contributed by atoms with Crippen molar-refractivity contribution in [1.29, 1.82) is 0 Å². The molecule has 1 aromatic heterocycles. The van der Waals surface area contributed by atoms with Crippen LogP contribution in [0.3, 0.4) is 0 Å². The molecule has 0 saturated carbocycles. The van der Waals surface area contributed by atoms with Gasteiger partial charge in [-0.3, -0.25) is 9.59 Å². The minimum atomic E-state index is -0.235. The molecule has 0 radical (unpaired) electrons. The largest absolute Gasteiger partial charge is 0.496 e. The molecular weight excluding hydrogens is 392 g/mol. The van der Waals surface area contributed by atoms with E-state index in [0.717, 1.165) is 40.9 Å². The number of hydrogen-bond donors (Lipinski definition) is 1. The van der Waals surface area contributed by atoms with Crippen LogP contribution < -0.4 is 10.1 Å². The number of hydrogen-bond acceptors (Lipinski definition) is 4. The smallest absolute Gasteiger partial charge is 0.254 e. The molecule has 6 heteroatoms. The van der Waals surface area contributed by atoms with Crippen LogP contribution >= 0.6 is 0 Å². The Balaban J connectivity index is 1.49. The topological polar surface area (TPSA) is 71.8 Å². The normalized spacial score (nSPS) is 17.4. The summed E-state index contributed by atoms with van der Waals surface area (Å²) in [4.78, 5) is 28.0. The fourth-order valence-corrected chi connectivity index (χ4v) is 4.27. The molecule has 0 spiro atoms. The van der Waals surface area contributed by atoms with Crippen molar-refractivity contribution in [1.82, 2.24) is 10.2 Å². The maximum Gasteiger partial charge on any atom is 0.254 e. The molecule has 2 heterocycles. The van der Waals surface area contributed by atoms with Crippen molar-refractivity contribution >= 4 is 22.6 Å². The van der Waals surface area contributed by atoms with Crippen LogP contribution in [0.15, 0.2) is 52.9 Å². The molecule has 3 aromatic rings. The van der Waals surface area contributed by atoms with Gasteiger partial charge in [0, 0.05) is 24.0 Å². The van der Waals surface area contributed by atoms with Crippen LogP contribution in [0.5, 0.6) is 5.75 Å². The first kappa shape index (κ1) is 21.0. The number of fused-ring (bicyclic) bond motifs is 1. The Morgan fingerprint density at radius 3 is 2.61 bits per heavy atom. The van der Waals surface area contributed by atoms with Gasteiger partial charge in [-0.05, 0) is 56.3 Å². The van der Waals surface area contributed by atoms with Gasteiger partial charge in [0.05, 0.1) is 19.1 Å². The van der Waals surface area contributed by atoms with Crippen molar-refractivity contribution in [3.8, 4) is 5.75 Å². The third-order valence-corrected chi connectivity index (χ3v) is 5.96. The molecule has 31 heavy (non-hydrogen) atoms. The molecule has 4 rings (SSSR count). The number of methoxy groups -OCH3 is 1. The predicted molar refractivity (Wildman–Crippen MR) is 119 cm³/mol. The van der Waals surface area contributed by atoms with Crippen LogP contribution in [0.1, 0.15) is 47.7 Å². The van der Waals surface area contributed by atoms with Crippen molar-refractivity contribution < 1.29 is 18.7 Å². The average Bonchev–Trinajstić information content (AvgIpc) is 3.24. The highest BCUT2D eigenvalue weighted by Crippen LogP contribution is 2.30. The zero-order chi connectivity index (χ0) is 22.0. The van der Waals surface area contributed by atoms with Crippen LogP contribution in [0.4, 0.5) is 0 Å². The molecule has 1 aliphatic rings. The lowest BCUT2D eigenvalue weighted by Crippen LogP contribution is -2.45. The Hall–Kier alpha value is -3.28. The standard InChI is InChI=1S/C25H28N2O4/c1-16-10-12-22(31-16)17(2)26-24(28)18-7-6-14-27(15-18)25(29)21-11-13-23(30-3)20-9-5-4-8-19(20)21/h4-5,8-13,17-18H,6-7,14-15H2,1-3H3,(H,26,28). The maximum absolute atomic E-state index is 13.4. The minimum absolute atomic E-state index is 0.0429. The second-order valence-corrected chi connectivity index (χ2v) is 8.13. The van der Waals surface area contributed by atoms with Gasteiger partial charge < -0.3 is 19.4 Å². The van der Waals surface area contributed by atoms with E-state index in [1.54, 1.807) is 12.0 Å². The second kappa shape index (κ2) is 8.84. The number of piperidine rings is 1. The molecule has 1 aliphatic heterocycles. The molecule has 1 N–H and O–H groups in total. The molecule has 1 saturated heterocycles. The van der Waals surface area contributed by atoms with Gasteiger partial charge in [0.1, 0.15) is 17.3 Å². The summed E-state index contributed by atoms with van der Waals surface area (Å²) in [5.74, 6) is 1.96. The summed E-state index contributed by atoms with van der Waals surface area (Å²) < 4.78 is 11.1. The van der Waals surface area contributed by atoms with Crippen LogP contribution in [0, 0.1) is 12.8 Å². The first-order valence-electron chi connectivity index (χ1n) is 10.7. The third kappa shape index (κ3) is 4.29. The van der Waals surface area contributed by atoms with Crippen molar-refractivity contribution in [2.45, 2.75) is 32.7 Å². The van der Waals surface area contributed by atoms with Crippen molar-refractivity contribution in [2.75, 3.05) is 20.2 Å². The number of carbonyl (C=O) groups is 2. The molecule has 2 unspecified atom stereocenters. The van der Waals surface area contributed by atoms with E-state index in [2.05, 4.69) is 5.32 Å². The van der Waals surface area contributed by atoms with Gasteiger partial charge in [-0.2, -0.15) is 0 Å². The lowest BCUT2D eigenvalue weighted by molar-refractivity contribution is -0.127. The number of rotatable bonds is 5. The van der Waals surface area contributed by atoms with E-state index in [4.69, 9.17) is 9.15 Å². The number of aryl methyl sites for hydroxylation is 1. The molecule has 6 nitrogen and oxygen atoms in total. The minimum Gasteiger partial charge on any atom is -0.496 e. The third-order valence-electron chi connectivity index (χ3n) is 5.96. The summed E-state index contributed by atoms with van der Waals surface area (Å²) in [5, 5.41) is 4.80. The number of carbonyl (C=O) groups excluding carboxylic acids is 2. The lowest BCUT2D eigenvalue weighted by Gasteiger charge is -2.33. The number of ether oxygens (including phenoxy) is 1. The zero-order valence-corrected chi connectivity index (χ0v) is 18.2. The molecular formula is C25H28N2O4. The lowest BCUT2D eigenvalue weighted by atomic mass is 9.95. The molecule has 2 atom stereocenters. The summed E-state index contributed by atoms with van der Waals surface area (Å²) in [6, 6.07) is 14.9. The van der Waals surface area contributed by atoms with E-state index in [-0.39, 0.29) is 23.8 Å². The van der Waals surface area contributed by atoms with Gasteiger partial charge in [0.15, 0.2) is 0 Å². The van der Waals surface area contributed by atoms with Gasteiger partial charge in [0.25, 0.3) is 5.91 Å². The molecule has 2 aromatic carbocycles. The van der Waals surface area contributed by atoms with Gasteiger partial charge in [0.2, 0.25) is 5.91 Å². The van der Waals surface area contributed by atoms with Crippen LogP contribution in [0.25, 0.3) is 10.8 Å². The molecule has 1 fully saturated rings. The predicted octanol–water partition coefficient (Wildman–Crippen LogP) is 4.48. The van der Waals surface area contributed by atoms with Gasteiger partial charge >= 0.3 is 0 Å². The van der Waals surface area contributed by atoms with Gasteiger partial charge in [-0.15, -0.1) is 0 Å². The summed E-state index contributed by atoms with van der Waals surface area (Å²) in [5.41, 5.74) is 0.636. The van der Waals surface area contributed by atoms with Crippen molar-refractivity contribution in [3.63, 3.8) is 0 Å².